The quantitative estimate of drug-likeness (QED) is 0.648. The lowest BCUT2D eigenvalue weighted by Gasteiger charge is -2.08. The molecule has 0 bridgehead atoms. The minimum absolute atomic E-state index is 0.0983. The number of nitrogen functional groups attached to an aromatic ring is 1. The van der Waals surface area contributed by atoms with Gasteiger partial charge >= 0.3 is 5.97 Å². The highest BCUT2D eigenvalue weighted by Gasteiger charge is 2.07. The molecule has 1 rings (SSSR count). The normalized spacial score (nSPS) is 9.71. The Bertz CT molecular complexity index is 431. The highest BCUT2D eigenvalue weighted by molar-refractivity contribution is 5.89. The second kappa shape index (κ2) is 5.74. The van der Waals surface area contributed by atoms with E-state index in [0.29, 0.717) is 5.75 Å². The third-order valence-corrected chi connectivity index (χ3v) is 2.12. The van der Waals surface area contributed by atoms with Gasteiger partial charge in [-0.2, -0.15) is 0 Å². The number of anilines is 1. The van der Waals surface area contributed by atoms with E-state index in [1.807, 2.05) is 0 Å². The molecule has 1 aromatic rings. The fraction of sp³-hybridized carbons (Fsp3) is 0.273. The summed E-state index contributed by atoms with van der Waals surface area (Å²) in [4.78, 5) is 21.6. The predicted molar refractivity (Wildman–Crippen MR) is 62.0 cm³/mol. The number of nitrogens with one attached hydrogen (secondary N) is 1. The molecule has 0 aliphatic heterocycles. The first kappa shape index (κ1) is 12.8. The van der Waals surface area contributed by atoms with Crippen molar-refractivity contribution in [2.75, 3.05) is 19.4 Å². The number of ether oxygens (including phenoxy) is 1. The van der Waals surface area contributed by atoms with E-state index >= 15 is 0 Å². The number of rotatable bonds is 5. The van der Waals surface area contributed by atoms with E-state index in [2.05, 4.69) is 5.32 Å². The number of benzene rings is 1. The minimum Gasteiger partial charge on any atom is -0.491 e. The van der Waals surface area contributed by atoms with E-state index in [1.165, 1.54) is 18.2 Å². The van der Waals surface area contributed by atoms with Gasteiger partial charge < -0.3 is 20.9 Å². The fourth-order valence-corrected chi connectivity index (χ4v) is 1.19. The molecule has 6 nitrogen and oxygen atoms in total. The van der Waals surface area contributed by atoms with E-state index in [4.69, 9.17) is 15.6 Å². The number of carbonyl (C=O) groups is 2. The number of hydrogen-bond donors (Lipinski definition) is 3. The summed E-state index contributed by atoms with van der Waals surface area (Å²) in [6.45, 7) is 0.191. The molecule has 17 heavy (non-hydrogen) atoms. The number of carboxylic acid groups (broad SMARTS) is 1. The molecule has 0 atom stereocenters. The summed E-state index contributed by atoms with van der Waals surface area (Å²) in [5, 5.41) is 11.2. The molecule has 0 aliphatic carbocycles. The third-order valence-electron chi connectivity index (χ3n) is 2.12. The molecular formula is C11H14N2O4. The lowest BCUT2D eigenvalue weighted by atomic mass is 10.2. The van der Waals surface area contributed by atoms with Gasteiger partial charge in [-0.05, 0) is 18.2 Å². The maximum atomic E-state index is 10.9. The molecule has 92 valence electrons. The van der Waals surface area contributed by atoms with Crippen LogP contribution in [0.25, 0.3) is 0 Å². The van der Waals surface area contributed by atoms with E-state index in [1.54, 1.807) is 7.05 Å². The zero-order valence-electron chi connectivity index (χ0n) is 9.40. The Labute approximate surface area is 98.4 Å². The van der Waals surface area contributed by atoms with Gasteiger partial charge in [0.2, 0.25) is 5.91 Å². The van der Waals surface area contributed by atoms with Crippen LogP contribution in [-0.2, 0) is 4.79 Å². The molecule has 0 heterocycles. The van der Waals surface area contributed by atoms with Crippen LogP contribution in [-0.4, -0.2) is 30.6 Å². The van der Waals surface area contributed by atoms with Crippen molar-refractivity contribution in [2.45, 2.75) is 6.42 Å². The molecule has 1 aromatic carbocycles. The van der Waals surface area contributed by atoms with Crippen molar-refractivity contribution in [3.05, 3.63) is 23.8 Å². The Morgan fingerprint density at radius 3 is 2.71 bits per heavy atom. The van der Waals surface area contributed by atoms with Gasteiger partial charge in [-0.15, -0.1) is 0 Å². The molecule has 1 amide bonds. The number of carbonyl (C=O) groups excluding carboxylic acids is 1. The highest BCUT2D eigenvalue weighted by Crippen LogP contribution is 2.22. The number of amides is 1. The van der Waals surface area contributed by atoms with E-state index in [0.717, 1.165) is 0 Å². The van der Waals surface area contributed by atoms with Crippen molar-refractivity contribution < 1.29 is 19.4 Å². The Hall–Kier alpha value is -2.24. The maximum absolute atomic E-state index is 10.9. The van der Waals surface area contributed by atoms with Gasteiger partial charge in [0.05, 0.1) is 24.3 Å². The molecule has 4 N–H and O–H groups in total. The summed E-state index contributed by atoms with van der Waals surface area (Å²) in [6, 6.07) is 4.19. The topological polar surface area (TPSA) is 102 Å². The van der Waals surface area contributed by atoms with E-state index in [-0.39, 0.29) is 30.2 Å². The molecule has 0 saturated carbocycles. The summed E-state index contributed by atoms with van der Waals surface area (Å²) < 4.78 is 5.27. The van der Waals surface area contributed by atoms with Crippen molar-refractivity contribution in [2.24, 2.45) is 0 Å². The van der Waals surface area contributed by atoms with Gasteiger partial charge in [0, 0.05) is 7.05 Å². The van der Waals surface area contributed by atoms with Crippen molar-refractivity contribution >= 4 is 17.6 Å². The minimum atomic E-state index is -1.05. The Balaban J connectivity index is 2.60. The van der Waals surface area contributed by atoms with Crippen molar-refractivity contribution in [1.29, 1.82) is 0 Å². The average molecular weight is 238 g/mol. The second-order valence-corrected chi connectivity index (χ2v) is 3.33. The second-order valence-electron chi connectivity index (χ2n) is 3.33. The first-order valence-electron chi connectivity index (χ1n) is 5.00. The molecule has 0 saturated heterocycles. The summed E-state index contributed by atoms with van der Waals surface area (Å²) >= 11 is 0. The number of aromatic carboxylic acids is 1. The largest absolute Gasteiger partial charge is 0.491 e. The van der Waals surface area contributed by atoms with E-state index < -0.39 is 5.97 Å². The predicted octanol–water partition coefficient (Wildman–Crippen LogP) is 0.482. The Morgan fingerprint density at radius 2 is 2.18 bits per heavy atom. The van der Waals surface area contributed by atoms with Crippen LogP contribution in [0.3, 0.4) is 0 Å². The summed E-state index contributed by atoms with van der Waals surface area (Å²) in [5.41, 5.74) is 5.96. The SMILES string of the molecule is CNC(=O)CCOc1ccc(C(=O)O)cc1N. The molecule has 0 radical (unpaired) electrons. The van der Waals surface area contributed by atoms with E-state index in [9.17, 15) is 9.59 Å². The monoisotopic (exact) mass is 238 g/mol. The van der Waals surface area contributed by atoms with Crippen LogP contribution in [0, 0.1) is 0 Å². The van der Waals surface area contributed by atoms with Gasteiger partial charge in [0.15, 0.2) is 0 Å². The maximum Gasteiger partial charge on any atom is 0.335 e. The van der Waals surface area contributed by atoms with Crippen LogP contribution in [0.1, 0.15) is 16.8 Å². The standard InChI is InChI=1S/C11H14N2O4/c1-13-10(14)4-5-17-9-3-2-7(11(15)16)6-8(9)12/h2-3,6H,4-5,12H2,1H3,(H,13,14)(H,15,16). The zero-order valence-corrected chi connectivity index (χ0v) is 9.40. The molecule has 0 aliphatic rings. The first-order valence-corrected chi connectivity index (χ1v) is 5.00. The summed E-state index contributed by atoms with van der Waals surface area (Å²) in [5.74, 6) is -0.807. The lowest BCUT2D eigenvalue weighted by molar-refractivity contribution is -0.121. The molecular weight excluding hydrogens is 224 g/mol. The van der Waals surface area contributed by atoms with Crippen molar-refractivity contribution in [3.8, 4) is 5.75 Å². The number of nitrogens with two attached hydrogens (primary N) is 1. The fourth-order valence-electron chi connectivity index (χ4n) is 1.19. The number of carboxylic acids is 1. The van der Waals surface area contributed by atoms with Gasteiger partial charge in [-0.3, -0.25) is 4.79 Å². The molecule has 0 unspecified atom stereocenters. The smallest absolute Gasteiger partial charge is 0.335 e. The molecule has 0 aromatic heterocycles. The van der Waals surface area contributed by atoms with Crippen molar-refractivity contribution in [3.63, 3.8) is 0 Å². The first-order chi connectivity index (χ1) is 8.04. The Morgan fingerprint density at radius 1 is 1.47 bits per heavy atom. The van der Waals surface area contributed by atoms with Crippen LogP contribution < -0.4 is 15.8 Å². The molecule has 6 heteroatoms. The molecule has 0 fully saturated rings. The van der Waals surface area contributed by atoms with Crippen LogP contribution in [0.5, 0.6) is 5.75 Å². The van der Waals surface area contributed by atoms with Gasteiger partial charge in [0.25, 0.3) is 0 Å². The molecule has 0 spiro atoms. The van der Waals surface area contributed by atoms with Gasteiger partial charge in [-0.25, -0.2) is 4.79 Å². The lowest BCUT2D eigenvalue weighted by Crippen LogP contribution is -2.20. The van der Waals surface area contributed by atoms with Gasteiger partial charge in [0.1, 0.15) is 5.75 Å². The van der Waals surface area contributed by atoms with Crippen LogP contribution in [0.15, 0.2) is 18.2 Å². The van der Waals surface area contributed by atoms with Crippen molar-refractivity contribution in [1.82, 2.24) is 5.32 Å². The van der Waals surface area contributed by atoms with Crippen LogP contribution in [0.4, 0.5) is 5.69 Å². The van der Waals surface area contributed by atoms with Crippen LogP contribution >= 0.6 is 0 Å². The number of hydrogen-bond acceptors (Lipinski definition) is 4. The highest BCUT2D eigenvalue weighted by atomic mass is 16.5. The third kappa shape index (κ3) is 3.67. The summed E-state index contributed by atoms with van der Waals surface area (Å²) in [7, 11) is 1.54. The van der Waals surface area contributed by atoms with Crippen LogP contribution in [0.2, 0.25) is 0 Å². The Kier molecular flexibility index (Phi) is 4.33. The zero-order chi connectivity index (χ0) is 12.8. The summed E-state index contributed by atoms with van der Waals surface area (Å²) in [6.07, 6.45) is 0.219. The van der Waals surface area contributed by atoms with Gasteiger partial charge in [-0.1, -0.05) is 0 Å². The average Bonchev–Trinajstić information content (AvgIpc) is 2.30.